The molecule has 3 heteroatoms. The molecule has 0 radical (unpaired) electrons. The maximum Gasteiger partial charge on any atom is 0.120 e. The van der Waals surface area contributed by atoms with E-state index in [9.17, 15) is 9.50 Å². The van der Waals surface area contributed by atoms with Gasteiger partial charge in [0.25, 0.3) is 0 Å². The number of benzene rings is 1. The van der Waals surface area contributed by atoms with Crippen LogP contribution in [0.4, 0.5) is 10.1 Å². The Balaban J connectivity index is 2.28. The maximum atomic E-state index is 12.5. The first kappa shape index (κ1) is 10.4. The number of aliphatic hydroxyl groups is 1. The molecule has 0 spiro atoms. The summed E-state index contributed by atoms with van der Waals surface area (Å²) in [6, 6.07) is 7.54. The van der Waals surface area contributed by atoms with Gasteiger partial charge in [0, 0.05) is 24.3 Å². The molecule has 1 aromatic rings. The van der Waals surface area contributed by atoms with Crippen LogP contribution in [0.25, 0.3) is 0 Å². The number of anilines is 1. The average molecular weight is 209 g/mol. The minimum absolute atomic E-state index is 0.710. The molecule has 1 N–H and O–H groups in total. The van der Waals surface area contributed by atoms with Crippen LogP contribution in [0.1, 0.15) is 24.5 Å². The highest BCUT2D eigenvalue weighted by Gasteiger charge is 2.18. The second-order valence-electron chi connectivity index (χ2n) is 3.92. The van der Waals surface area contributed by atoms with Crippen LogP contribution in [0.3, 0.4) is 0 Å². The van der Waals surface area contributed by atoms with Crippen molar-refractivity contribution in [1.29, 1.82) is 0 Å². The van der Waals surface area contributed by atoms with Crippen molar-refractivity contribution in [2.75, 3.05) is 24.7 Å². The van der Waals surface area contributed by atoms with Gasteiger partial charge in [0.1, 0.15) is 12.8 Å². The van der Waals surface area contributed by atoms with Crippen LogP contribution in [0.2, 0.25) is 0 Å². The molecular weight excluding hydrogens is 193 g/mol. The zero-order chi connectivity index (χ0) is 10.7. The van der Waals surface area contributed by atoms with Gasteiger partial charge in [-0.1, -0.05) is 18.2 Å². The molecule has 1 aromatic carbocycles. The number of halogens is 1. The first-order chi connectivity index (χ1) is 7.33. The largest absolute Gasteiger partial charge is 0.386 e. The van der Waals surface area contributed by atoms with Crippen molar-refractivity contribution in [3.05, 3.63) is 29.8 Å². The Morgan fingerprint density at radius 2 is 1.93 bits per heavy atom. The molecule has 82 valence electrons. The number of nitrogens with zero attached hydrogens (tertiary/aromatic N) is 1. The summed E-state index contributed by atoms with van der Waals surface area (Å²) >= 11 is 0. The van der Waals surface area contributed by atoms with Crippen LogP contribution >= 0.6 is 0 Å². The van der Waals surface area contributed by atoms with Crippen LogP contribution in [0, 0.1) is 0 Å². The van der Waals surface area contributed by atoms with E-state index < -0.39 is 12.8 Å². The van der Waals surface area contributed by atoms with Crippen molar-refractivity contribution < 1.29 is 9.50 Å². The summed E-state index contributed by atoms with van der Waals surface area (Å²) in [5.41, 5.74) is 1.70. The van der Waals surface area contributed by atoms with E-state index in [0.717, 1.165) is 18.8 Å². The minimum atomic E-state index is -0.984. The van der Waals surface area contributed by atoms with Gasteiger partial charge >= 0.3 is 0 Å². The van der Waals surface area contributed by atoms with E-state index in [1.54, 1.807) is 6.07 Å². The fourth-order valence-corrected chi connectivity index (χ4v) is 2.10. The minimum Gasteiger partial charge on any atom is -0.386 e. The molecule has 0 bridgehead atoms. The van der Waals surface area contributed by atoms with Gasteiger partial charge in [-0.2, -0.15) is 0 Å². The summed E-state index contributed by atoms with van der Waals surface area (Å²) in [7, 11) is 0. The summed E-state index contributed by atoms with van der Waals surface area (Å²) in [4.78, 5) is 2.22. The summed E-state index contributed by atoms with van der Waals surface area (Å²) < 4.78 is 12.5. The molecular formula is C12H16FNO. The van der Waals surface area contributed by atoms with Crippen LogP contribution in [0.5, 0.6) is 0 Å². The number of hydrogen-bond acceptors (Lipinski definition) is 2. The van der Waals surface area contributed by atoms with Crippen molar-refractivity contribution in [1.82, 2.24) is 0 Å². The molecule has 0 amide bonds. The summed E-state index contributed by atoms with van der Waals surface area (Å²) in [5.74, 6) is 0. The molecule has 1 aliphatic heterocycles. The van der Waals surface area contributed by atoms with Gasteiger partial charge < -0.3 is 10.0 Å². The van der Waals surface area contributed by atoms with Gasteiger partial charge in [-0.3, -0.25) is 0 Å². The van der Waals surface area contributed by atoms with E-state index in [1.807, 2.05) is 18.2 Å². The third kappa shape index (κ3) is 2.12. The Kier molecular flexibility index (Phi) is 3.21. The fraction of sp³-hybridized carbons (Fsp3) is 0.500. The van der Waals surface area contributed by atoms with E-state index in [-0.39, 0.29) is 0 Å². The molecule has 15 heavy (non-hydrogen) atoms. The monoisotopic (exact) mass is 209 g/mol. The quantitative estimate of drug-likeness (QED) is 0.825. The summed E-state index contributed by atoms with van der Waals surface area (Å²) in [6.07, 6.45) is 1.38. The SMILES string of the molecule is OC(CF)c1ccccc1N1CCCC1. The second kappa shape index (κ2) is 4.62. The predicted molar refractivity (Wildman–Crippen MR) is 58.8 cm³/mol. The molecule has 0 saturated carbocycles. The maximum absolute atomic E-state index is 12.5. The second-order valence-corrected chi connectivity index (χ2v) is 3.92. The van der Waals surface area contributed by atoms with Crippen molar-refractivity contribution in [3.63, 3.8) is 0 Å². The van der Waals surface area contributed by atoms with Crippen molar-refractivity contribution in [3.8, 4) is 0 Å². The molecule has 0 aliphatic carbocycles. The highest BCUT2D eigenvalue weighted by atomic mass is 19.1. The number of para-hydroxylation sites is 1. The van der Waals surface area contributed by atoms with Crippen molar-refractivity contribution >= 4 is 5.69 Å². The highest BCUT2D eigenvalue weighted by Crippen LogP contribution is 2.29. The van der Waals surface area contributed by atoms with Gasteiger partial charge in [0.2, 0.25) is 0 Å². The number of rotatable bonds is 3. The van der Waals surface area contributed by atoms with Gasteiger partial charge in [-0.25, -0.2) is 4.39 Å². The average Bonchev–Trinajstić information content (AvgIpc) is 2.81. The zero-order valence-corrected chi connectivity index (χ0v) is 8.69. The third-order valence-corrected chi connectivity index (χ3v) is 2.89. The Morgan fingerprint density at radius 3 is 2.60 bits per heavy atom. The Hall–Kier alpha value is -1.09. The summed E-state index contributed by atoms with van der Waals surface area (Å²) in [5, 5.41) is 9.57. The lowest BCUT2D eigenvalue weighted by Gasteiger charge is -2.22. The molecule has 2 rings (SSSR count). The topological polar surface area (TPSA) is 23.5 Å². The van der Waals surface area contributed by atoms with E-state index in [1.165, 1.54) is 12.8 Å². The first-order valence-corrected chi connectivity index (χ1v) is 5.41. The van der Waals surface area contributed by atoms with Gasteiger partial charge in [-0.05, 0) is 18.9 Å². The van der Waals surface area contributed by atoms with E-state index >= 15 is 0 Å². The molecule has 1 saturated heterocycles. The lowest BCUT2D eigenvalue weighted by molar-refractivity contribution is 0.142. The fourth-order valence-electron chi connectivity index (χ4n) is 2.10. The van der Waals surface area contributed by atoms with Crippen molar-refractivity contribution in [2.24, 2.45) is 0 Å². The van der Waals surface area contributed by atoms with Gasteiger partial charge in [0.15, 0.2) is 0 Å². The molecule has 0 aromatic heterocycles. The lowest BCUT2D eigenvalue weighted by atomic mass is 10.1. The molecule has 2 nitrogen and oxygen atoms in total. The predicted octanol–water partition coefficient (Wildman–Crippen LogP) is 2.29. The van der Waals surface area contributed by atoms with Gasteiger partial charge in [0.05, 0.1) is 0 Å². The van der Waals surface area contributed by atoms with Gasteiger partial charge in [-0.15, -0.1) is 0 Å². The summed E-state index contributed by atoms with van der Waals surface area (Å²) in [6.45, 7) is 1.30. The standard InChI is InChI=1S/C12H16FNO/c13-9-12(15)10-5-1-2-6-11(10)14-7-3-4-8-14/h1-2,5-6,12,15H,3-4,7-9H2. The van der Waals surface area contributed by atoms with Crippen LogP contribution in [-0.2, 0) is 0 Å². The first-order valence-electron chi connectivity index (χ1n) is 5.41. The number of hydrogen-bond donors (Lipinski definition) is 1. The Labute approximate surface area is 89.3 Å². The Bertz CT molecular complexity index is 323. The van der Waals surface area contributed by atoms with Crippen LogP contribution in [0.15, 0.2) is 24.3 Å². The smallest absolute Gasteiger partial charge is 0.120 e. The normalized spacial score (nSPS) is 18.1. The zero-order valence-electron chi connectivity index (χ0n) is 8.69. The Morgan fingerprint density at radius 1 is 1.27 bits per heavy atom. The van der Waals surface area contributed by atoms with E-state index in [0.29, 0.717) is 5.56 Å². The molecule has 1 aliphatic rings. The molecule has 1 heterocycles. The van der Waals surface area contributed by atoms with Crippen LogP contribution < -0.4 is 4.90 Å². The third-order valence-electron chi connectivity index (χ3n) is 2.89. The number of aliphatic hydroxyl groups excluding tert-OH is 1. The van der Waals surface area contributed by atoms with E-state index in [4.69, 9.17) is 0 Å². The lowest BCUT2D eigenvalue weighted by Crippen LogP contribution is -2.20. The van der Waals surface area contributed by atoms with Crippen molar-refractivity contribution in [2.45, 2.75) is 18.9 Å². The number of alkyl halides is 1. The van der Waals surface area contributed by atoms with E-state index in [2.05, 4.69) is 4.90 Å². The molecule has 1 unspecified atom stereocenters. The van der Waals surface area contributed by atoms with Crippen LogP contribution in [-0.4, -0.2) is 24.9 Å². The molecule has 1 fully saturated rings. The highest BCUT2D eigenvalue weighted by molar-refractivity contribution is 5.55. The molecule has 1 atom stereocenters.